The molecule has 0 saturated carbocycles. The highest BCUT2D eigenvalue weighted by atomic mass is 32.2. The van der Waals surface area contributed by atoms with Crippen LogP contribution in [-0.4, -0.2) is 48.0 Å². The van der Waals surface area contributed by atoms with Crippen molar-refractivity contribution in [3.05, 3.63) is 65.5 Å². The van der Waals surface area contributed by atoms with Gasteiger partial charge in [-0.2, -0.15) is 0 Å². The third kappa shape index (κ3) is 3.79. The number of rotatable bonds is 7. The molecule has 0 spiro atoms. The minimum absolute atomic E-state index is 0.209. The Kier molecular flexibility index (Phi) is 5.74. The third-order valence-corrected chi connectivity index (χ3v) is 7.09. The molecule has 0 bridgehead atoms. The number of methoxy groups -OCH3 is 2. The van der Waals surface area contributed by atoms with Gasteiger partial charge in [0.2, 0.25) is 5.16 Å². The van der Waals surface area contributed by atoms with Crippen molar-refractivity contribution in [3.63, 3.8) is 0 Å². The Morgan fingerprint density at radius 1 is 1.00 bits per heavy atom. The van der Waals surface area contributed by atoms with Crippen LogP contribution < -0.4 is 9.47 Å². The average Bonchev–Trinajstić information content (AvgIpc) is 3.42. The van der Waals surface area contributed by atoms with Crippen LogP contribution in [0.25, 0.3) is 22.1 Å². The fourth-order valence-electron chi connectivity index (χ4n) is 4.09. The molecule has 0 fully saturated rings. The maximum Gasteiger partial charge on any atom is 0.202 e. The van der Waals surface area contributed by atoms with Crippen LogP contribution in [0.5, 0.6) is 11.5 Å². The van der Waals surface area contributed by atoms with Crippen molar-refractivity contribution >= 4 is 32.9 Å². The van der Waals surface area contributed by atoms with Crippen molar-refractivity contribution in [2.75, 3.05) is 14.2 Å². The molecule has 0 amide bonds. The lowest BCUT2D eigenvalue weighted by Gasteiger charge is -2.13. The molecule has 1 unspecified atom stereocenters. The normalized spacial score (nSPS) is 12.4. The highest BCUT2D eigenvalue weighted by Gasteiger charge is 2.21. The molecule has 3 aromatic heterocycles. The van der Waals surface area contributed by atoms with Gasteiger partial charge in [-0.05, 0) is 38.1 Å². The van der Waals surface area contributed by atoms with Crippen LogP contribution in [-0.2, 0) is 23.2 Å². The maximum absolute atomic E-state index is 13.7. The number of benzene rings is 2. The first kappa shape index (κ1) is 22.0. The SMILES string of the molecule is COc1ccc2c(c1)nc(S(=O)Cc1ncc(C)c(OC)c1C)n2Cn1nnc2ccccc21. The molecule has 0 saturated heterocycles. The zero-order valence-corrected chi connectivity index (χ0v) is 20.2. The van der Waals surface area contributed by atoms with Crippen LogP contribution in [0.3, 0.4) is 0 Å². The van der Waals surface area contributed by atoms with Gasteiger partial charge in [-0.15, -0.1) is 5.10 Å². The van der Waals surface area contributed by atoms with Crippen LogP contribution in [0.1, 0.15) is 16.8 Å². The first-order valence-electron chi connectivity index (χ1n) is 10.7. The summed E-state index contributed by atoms with van der Waals surface area (Å²) in [7, 11) is 1.76. The fraction of sp³-hybridized carbons (Fsp3) is 0.250. The van der Waals surface area contributed by atoms with Gasteiger partial charge < -0.3 is 9.47 Å². The van der Waals surface area contributed by atoms with E-state index in [1.807, 2.05) is 60.9 Å². The topological polar surface area (TPSA) is 97.0 Å². The summed E-state index contributed by atoms with van der Waals surface area (Å²) in [5, 5.41) is 8.99. The largest absolute Gasteiger partial charge is 0.497 e. The first-order chi connectivity index (χ1) is 16.5. The highest BCUT2D eigenvalue weighted by Crippen LogP contribution is 2.28. The van der Waals surface area contributed by atoms with E-state index in [1.165, 1.54) is 0 Å². The lowest BCUT2D eigenvalue weighted by molar-refractivity contribution is 0.407. The van der Waals surface area contributed by atoms with E-state index in [2.05, 4.69) is 15.3 Å². The number of para-hydroxylation sites is 1. The summed E-state index contributed by atoms with van der Waals surface area (Å²) >= 11 is 0. The number of pyridine rings is 1. The van der Waals surface area contributed by atoms with Gasteiger partial charge in [0, 0.05) is 23.4 Å². The van der Waals surface area contributed by atoms with E-state index < -0.39 is 10.8 Å². The Bertz CT molecular complexity index is 1540. The molecule has 1 atom stereocenters. The van der Waals surface area contributed by atoms with Crippen molar-refractivity contribution < 1.29 is 13.7 Å². The van der Waals surface area contributed by atoms with Gasteiger partial charge >= 0.3 is 0 Å². The molecule has 3 heterocycles. The van der Waals surface area contributed by atoms with Crippen molar-refractivity contribution in [1.29, 1.82) is 0 Å². The molecular weight excluding hydrogens is 452 g/mol. The number of imidazole rings is 1. The first-order valence-corrected chi connectivity index (χ1v) is 12.0. The smallest absolute Gasteiger partial charge is 0.202 e. The third-order valence-electron chi connectivity index (χ3n) is 5.84. The Morgan fingerprint density at radius 3 is 2.62 bits per heavy atom. The molecule has 0 N–H and O–H groups in total. The van der Waals surface area contributed by atoms with Crippen LogP contribution in [0.4, 0.5) is 0 Å². The predicted molar refractivity (Wildman–Crippen MR) is 130 cm³/mol. The van der Waals surface area contributed by atoms with E-state index >= 15 is 0 Å². The second-order valence-electron chi connectivity index (χ2n) is 7.93. The molecular formula is C24H24N6O3S. The summed E-state index contributed by atoms with van der Waals surface area (Å²) in [4.78, 5) is 9.25. The number of aromatic nitrogens is 6. The molecule has 0 aliphatic carbocycles. The molecule has 2 aromatic carbocycles. The number of nitrogens with zero attached hydrogens (tertiary/aromatic N) is 6. The van der Waals surface area contributed by atoms with Gasteiger partial charge in [0.25, 0.3) is 0 Å². The predicted octanol–water partition coefficient (Wildman–Crippen LogP) is 3.62. The molecule has 174 valence electrons. The minimum atomic E-state index is -1.48. The summed E-state index contributed by atoms with van der Waals surface area (Å²) in [6.07, 6.45) is 1.74. The van der Waals surface area contributed by atoms with Gasteiger partial charge in [-0.1, -0.05) is 17.3 Å². The van der Waals surface area contributed by atoms with Crippen molar-refractivity contribution in [3.8, 4) is 11.5 Å². The standard InChI is InChI=1S/C24H24N6O3S/c1-15-12-25-20(16(2)23(15)33-4)13-34(31)24-26-19-11-17(32-3)9-10-21(19)29(24)14-30-22-8-6-5-7-18(22)27-28-30/h5-12H,13-14H2,1-4H3. The zero-order valence-electron chi connectivity index (χ0n) is 19.3. The molecule has 34 heavy (non-hydrogen) atoms. The summed E-state index contributed by atoms with van der Waals surface area (Å²) in [5.41, 5.74) is 5.73. The van der Waals surface area contributed by atoms with Gasteiger partial charge in [0.15, 0.2) is 0 Å². The zero-order chi connectivity index (χ0) is 23.8. The van der Waals surface area contributed by atoms with Crippen LogP contribution in [0.2, 0.25) is 0 Å². The van der Waals surface area contributed by atoms with Gasteiger partial charge in [-0.25, -0.2) is 9.67 Å². The highest BCUT2D eigenvalue weighted by molar-refractivity contribution is 7.84. The monoisotopic (exact) mass is 476 g/mol. The number of hydrogen-bond donors (Lipinski definition) is 0. The van der Waals surface area contributed by atoms with Crippen LogP contribution >= 0.6 is 0 Å². The molecule has 10 heteroatoms. The number of aryl methyl sites for hydroxylation is 1. The molecule has 0 aliphatic heterocycles. The fourth-order valence-corrected chi connectivity index (χ4v) is 5.36. The maximum atomic E-state index is 13.7. The second-order valence-corrected chi connectivity index (χ2v) is 9.28. The Balaban J connectivity index is 1.59. The van der Waals surface area contributed by atoms with Gasteiger partial charge in [0.1, 0.15) is 23.7 Å². The molecule has 9 nitrogen and oxygen atoms in total. The lowest BCUT2D eigenvalue weighted by atomic mass is 10.1. The molecule has 0 radical (unpaired) electrons. The number of hydrogen-bond acceptors (Lipinski definition) is 7. The number of ether oxygens (including phenoxy) is 2. The van der Waals surface area contributed by atoms with Crippen LogP contribution in [0.15, 0.2) is 53.8 Å². The lowest BCUT2D eigenvalue weighted by Crippen LogP contribution is -2.15. The van der Waals surface area contributed by atoms with Crippen molar-refractivity contribution in [1.82, 2.24) is 29.5 Å². The average molecular weight is 477 g/mol. The van der Waals surface area contributed by atoms with Gasteiger partial charge in [-0.3, -0.25) is 13.8 Å². The second kappa shape index (κ2) is 8.86. The van der Waals surface area contributed by atoms with E-state index in [1.54, 1.807) is 25.1 Å². The Hall–Kier alpha value is -3.79. The van der Waals surface area contributed by atoms with Crippen molar-refractivity contribution in [2.45, 2.75) is 31.4 Å². The molecule has 5 rings (SSSR count). The van der Waals surface area contributed by atoms with E-state index in [4.69, 9.17) is 14.5 Å². The van der Waals surface area contributed by atoms with Crippen LogP contribution in [0, 0.1) is 13.8 Å². The Labute approximate surface area is 198 Å². The van der Waals surface area contributed by atoms with E-state index in [0.717, 1.165) is 33.4 Å². The summed E-state index contributed by atoms with van der Waals surface area (Å²) in [6.45, 7) is 4.18. The number of fused-ring (bicyclic) bond motifs is 2. The summed E-state index contributed by atoms with van der Waals surface area (Å²) in [6, 6.07) is 13.4. The molecule has 0 aliphatic rings. The molecule has 5 aromatic rings. The minimum Gasteiger partial charge on any atom is -0.497 e. The van der Waals surface area contributed by atoms with E-state index in [9.17, 15) is 4.21 Å². The summed E-state index contributed by atoms with van der Waals surface area (Å²) < 4.78 is 28.2. The Morgan fingerprint density at radius 2 is 1.82 bits per heavy atom. The van der Waals surface area contributed by atoms with E-state index in [0.29, 0.717) is 28.8 Å². The van der Waals surface area contributed by atoms with E-state index in [-0.39, 0.29) is 5.75 Å². The van der Waals surface area contributed by atoms with Gasteiger partial charge in [0.05, 0.1) is 53.0 Å². The quantitative estimate of drug-likeness (QED) is 0.354. The summed E-state index contributed by atoms with van der Waals surface area (Å²) in [5.74, 6) is 1.65. The van der Waals surface area contributed by atoms with Crippen molar-refractivity contribution in [2.24, 2.45) is 0 Å².